The molecule has 0 spiro atoms. The number of hydrogen-bond acceptors (Lipinski definition) is 2. The molecule has 4 heteroatoms. The number of imidazole rings is 1. The Bertz CT molecular complexity index is 669. The summed E-state index contributed by atoms with van der Waals surface area (Å²) in [5, 5.41) is 2.10. The third-order valence-corrected chi connectivity index (χ3v) is 4.30. The molecule has 3 rings (SSSR count). The number of benzene rings is 1. The van der Waals surface area contributed by atoms with Gasteiger partial charge in [-0.1, -0.05) is 13.0 Å². The van der Waals surface area contributed by atoms with Gasteiger partial charge in [0, 0.05) is 10.9 Å². The standard InChI is InChI=1S/C13H11BrN2S/c1-2-8-3-4-10-11(5-8)16-13(15-10)9-6-12(14)17-7-9/h3-7H,2H2,1H3,(H,15,16). The Morgan fingerprint density at radius 1 is 1.35 bits per heavy atom. The van der Waals surface area contributed by atoms with Gasteiger partial charge in [0.1, 0.15) is 5.82 Å². The molecule has 0 radical (unpaired) electrons. The summed E-state index contributed by atoms with van der Waals surface area (Å²) < 4.78 is 1.13. The van der Waals surface area contributed by atoms with Crippen LogP contribution in [-0.4, -0.2) is 9.97 Å². The molecule has 0 atom stereocenters. The van der Waals surface area contributed by atoms with Gasteiger partial charge in [0.2, 0.25) is 0 Å². The summed E-state index contributed by atoms with van der Waals surface area (Å²) in [5.74, 6) is 0.940. The van der Waals surface area contributed by atoms with Crippen molar-refractivity contribution in [3.63, 3.8) is 0 Å². The Kier molecular flexibility index (Phi) is 2.76. The van der Waals surface area contributed by atoms with Crippen LogP contribution in [0.25, 0.3) is 22.4 Å². The number of aromatic amines is 1. The highest BCUT2D eigenvalue weighted by atomic mass is 79.9. The molecule has 0 saturated carbocycles. The first kappa shape index (κ1) is 11.0. The molecule has 0 aliphatic heterocycles. The highest BCUT2D eigenvalue weighted by Gasteiger charge is 2.07. The van der Waals surface area contributed by atoms with Crippen molar-refractivity contribution in [1.82, 2.24) is 9.97 Å². The molecule has 0 bridgehead atoms. The van der Waals surface area contributed by atoms with Gasteiger partial charge in [0.15, 0.2) is 0 Å². The Hall–Kier alpha value is -1.13. The third-order valence-electron chi connectivity index (χ3n) is 2.80. The van der Waals surface area contributed by atoms with Gasteiger partial charge in [-0.2, -0.15) is 0 Å². The van der Waals surface area contributed by atoms with Crippen LogP contribution in [0.15, 0.2) is 33.4 Å². The Morgan fingerprint density at radius 2 is 2.24 bits per heavy atom. The molecule has 0 aliphatic carbocycles. The van der Waals surface area contributed by atoms with Crippen LogP contribution in [0.1, 0.15) is 12.5 Å². The second kappa shape index (κ2) is 4.27. The fourth-order valence-electron chi connectivity index (χ4n) is 1.85. The number of fused-ring (bicyclic) bond motifs is 1. The first-order valence-electron chi connectivity index (χ1n) is 5.49. The van der Waals surface area contributed by atoms with Crippen LogP contribution in [0, 0.1) is 0 Å². The molecule has 1 aromatic carbocycles. The molecule has 2 nitrogen and oxygen atoms in total. The van der Waals surface area contributed by atoms with E-state index in [0.29, 0.717) is 0 Å². The second-order valence-electron chi connectivity index (χ2n) is 3.93. The average Bonchev–Trinajstić information content (AvgIpc) is 2.93. The van der Waals surface area contributed by atoms with E-state index in [1.807, 2.05) is 0 Å². The van der Waals surface area contributed by atoms with Crippen LogP contribution in [-0.2, 0) is 6.42 Å². The van der Waals surface area contributed by atoms with Gasteiger partial charge in [0.05, 0.1) is 14.8 Å². The van der Waals surface area contributed by atoms with Crippen LogP contribution in [0.4, 0.5) is 0 Å². The van der Waals surface area contributed by atoms with Gasteiger partial charge in [-0.25, -0.2) is 4.98 Å². The van der Waals surface area contributed by atoms with Crippen LogP contribution < -0.4 is 0 Å². The minimum absolute atomic E-state index is 0.940. The average molecular weight is 307 g/mol. The smallest absolute Gasteiger partial charge is 0.139 e. The Labute approximate surface area is 112 Å². The number of hydrogen-bond donors (Lipinski definition) is 1. The maximum atomic E-state index is 4.60. The molecule has 0 aliphatic rings. The third kappa shape index (κ3) is 2.03. The van der Waals surface area contributed by atoms with E-state index >= 15 is 0 Å². The SMILES string of the molecule is CCc1ccc2nc(-c3csc(Br)c3)[nH]c2c1. The molecule has 0 amide bonds. The number of halogens is 1. The van der Waals surface area contributed by atoms with Crippen molar-refractivity contribution in [2.45, 2.75) is 13.3 Å². The van der Waals surface area contributed by atoms with Crippen molar-refractivity contribution >= 4 is 38.3 Å². The van der Waals surface area contributed by atoms with Gasteiger partial charge in [-0.05, 0) is 46.1 Å². The molecule has 0 unspecified atom stereocenters. The highest BCUT2D eigenvalue weighted by molar-refractivity contribution is 9.11. The molecule has 2 heterocycles. The second-order valence-corrected chi connectivity index (χ2v) is 6.22. The minimum Gasteiger partial charge on any atom is -0.338 e. The van der Waals surface area contributed by atoms with Crippen molar-refractivity contribution < 1.29 is 0 Å². The molecule has 86 valence electrons. The maximum Gasteiger partial charge on any atom is 0.139 e. The topological polar surface area (TPSA) is 28.7 Å². The normalized spacial score (nSPS) is 11.2. The monoisotopic (exact) mass is 306 g/mol. The summed E-state index contributed by atoms with van der Waals surface area (Å²) in [5.41, 5.74) is 4.61. The number of aromatic nitrogens is 2. The molecular formula is C13H11BrN2S. The van der Waals surface area contributed by atoms with Crippen molar-refractivity contribution in [3.05, 3.63) is 39.0 Å². The van der Waals surface area contributed by atoms with E-state index in [1.165, 1.54) is 5.56 Å². The van der Waals surface area contributed by atoms with Crippen LogP contribution in [0.3, 0.4) is 0 Å². The molecule has 0 fully saturated rings. The number of aryl methyl sites for hydroxylation is 1. The van der Waals surface area contributed by atoms with E-state index in [1.54, 1.807) is 11.3 Å². The molecule has 17 heavy (non-hydrogen) atoms. The first-order valence-corrected chi connectivity index (χ1v) is 7.16. The number of nitrogens with one attached hydrogen (secondary N) is 1. The number of thiophene rings is 1. The zero-order chi connectivity index (χ0) is 11.8. The fourth-order valence-corrected chi connectivity index (χ4v) is 2.99. The zero-order valence-corrected chi connectivity index (χ0v) is 11.7. The predicted molar refractivity (Wildman–Crippen MR) is 76.5 cm³/mol. The van der Waals surface area contributed by atoms with Gasteiger partial charge in [-0.3, -0.25) is 0 Å². The maximum absolute atomic E-state index is 4.60. The van der Waals surface area contributed by atoms with Gasteiger partial charge in [-0.15, -0.1) is 11.3 Å². The van der Waals surface area contributed by atoms with Gasteiger partial charge < -0.3 is 4.98 Å². The molecule has 1 N–H and O–H groups in total. The van der Waals surface area contributed by atoms with E-state index in [0.717, 1.165) is 32.6 Å². The zero-order valence-electron chi connectivity index (χ0n) is 9.33. The van der Waals surface area contributed by atoms with E-state index < -0.39 is 0 Å². The molecule has 2 aromatic heterocycles. The summed E-state index contributed by atoms with van der Waals surface area (Å²) in [6.45, 7) is 2.16. The van der Waals surface area contributed by atoms with Crippen molar-refractivity contribution in [2.75, 3.05) is 0 Å². The summed E-state index contributed by atoms with van der Waals surface area (Å²) in [4.78, 5) is 7.98. The van der Waals surface area contributed by atoms with Gasteiger partial charge >= 0.3 is 0 Å². The minimum atomic E-state index is 0.940. The number of rotatable bonds is 2. The van der Waals surface area contributed by atoms with Crippen LogP contribution in [0.2, 0.25) is 0 Å². The van der Waals surface area contributed by atoms with E-state index in [2.05, 4.69) is 62.5 Å². The Morgan fingerprint density at radius 3 is 2.94 bits per heavy atom. The van der Waals surface area contributed by atoms with Gasteiger partial charge in [0.25, 0.3) is 0 Å². The lowest BCUT2D eigenvalue weighted by Gasteiger charge is -1.93. The lowest BCUT2D eigenvalue weighted by molar-refractivity contribution is 1.14. The molecule has 3 aromatic rings. The summed E-state index contributed by atoms with van der Waals surface area (Å²) in [7, 11) is 0. The number of nitrogens with zero attached hydrogens (tertiary/aromatic N) is 1. The summed E-state index contributed by atoms with van der Waals surface area (Å²) >= 11 is 5.15. The molecule has 0 saturated heterocycles. The predicted octanol–water partition coefficient (Wildman–Crippen LogP) is 4.62. The van der Waals surface area contributed by atoms with Crippen LogP contribution >= 0.6 is 27.3 Å². The summed E-state index contributed by atoms with van der Waals surface area (Å²) in [6.07, 6.45) is 1.05. The Balaban J connectivity index is 2.13. The number of H-pyrrole nitrogens is 1. The quantitative estimate of drug-likeness (QED) is 0.735. The largest absolute Gasteiger partial charge is 0.338 e. The van der Waals surface area contributed by atoms with Crippen molar-refractivity contribution in [2.24, 2.45) is 0 Å². The molecular weight excluding hydrogens is 296 g/mol. The van der Waals surface area contributed by atoms with Crippen molar-refractivity contribution in [3.8, 4) is 11.4 Å². The van der Waals surface area contributed by atoms with Crippen molar-refractivity contribution in [1.29, 1.82) is 0 Å². The first-order chi connectivity index (χ1) is 8.26. The lowest BCUT2D eigenvalue weighted by atomic mass is 10.1. The van der Waals surface area contributed by atoms with E-state index in [9.17, 15) is 0 Å². The van der Waals surface area contributed by atoms with E-state index in [4.69, 9.17) is 0 Å². The summed E-state index contributed by atoms with van der Waals surface area (Å²) in [6, 6.07) is 8.47. The lowest BCUT2D eigenvalue weighted by Crippen LogP contribution is -1.78. The fraction of sp³-hybridized carbons (Fsp3) is 0.154. The highest BCUT2D eigenvalue weighted by Crippen LogP contribution is 2.28. The van der Waals surface area contributed by atoms with E-state index in [-0.39, 0.29) is 0 Å². The van der Waals surface area contributed by atoms with Crippen LogP contribution in [0.5, 0.6) is 0 Å².